The molecule has 0 saturated heterocycles. The van der Waals surface area contributed by atoms with Crippen LogP contribution in [0.1, 0.15) is 0 Å². The van der Waals surface area contributed by atoms with Gasteiger partial charge in [0.25, 0.3) is 0 Å². The number of nitrogens with zero attached hydrogens (tertiary/aromatic N) is 1. The van der Waals surface area contributed by atoms with E-state index in [0.29, 0.717) is 0 Å². The average Bonchev–Trinajstić information content (AvgIpc) is 3.99. The largest absolute Gasteiger partial charge is 0.455 e. The first-order valence-corrected chi connectivity index (χ1v) is 20.4. The van der Waals surface area contributed by atoms with Crippen LogP contribution in [0.25, 0.3) is 97.4 Å². The van der Waals surface area contributed by atoms with Gasteiger partial charge in [0.1, 0.15) is 22.3 Å². The molecule has 0 fully saturated rings. The Morgan fingerprint density at radius 2 is 0.741 bits per heavy atom. The minimum Gasteiger partial charge on any atom is -0.455 e. The minimum absolute atomic E-state index is 0.902. The molecule has 3 nitrogen and oxygen atoms in total. The Balaban J connectivity index is 1.02. The van der Waals surface area contributed by atoms with E-state index in [1.54, 1.807) is 0 Å². The van der Waals surface area contributed by atoms with Crippen LogP contribution in [0.4, 0.5) is 17.1 Å². The van der Waals surface area contributed by atoms with E-state index >= 15 is 0 Å². The van der Waals surface area contributed by atoms with E-state index in [-0.39, 0.29) is 0 Å². The molecule has 0 spiro atoms. The van der Waals surface area contributed by atoms with Crippen LogP contribution in [0.5, 0.6) is 0 Å². The maximum atomic E-state index is 6.45. The van der Waals surface area contributed by atoms with Crippen molar-refractivity contribution in [2.75, 3.05) is 4.90 Å². The molecule has 0 aliphatic rings. The number of rotatable bonds is 6. The van der Waals surface area contributed by atoms with Crippen molar-refractivity contribution in [3.63, 3.8) is 0 Å². The van der Waals surface area contributed by atoms with Gasteiger partial charge >= 0.3 is 0 Å². The molecule has 0 amide bonds. The lowest BCUT2D eigenvalue weighted by Gasteiger charge is -2.26. The molecule has 0 saturated carbocycles. The van der Waals surface area contributed by atoms with Crippen LogP contribution in [-0.4, -0.2) is 0 Å². The van der Waals surface area contributed by atoms with Gasteiger partial charge in [0.2, 0.25) is 0 Å². The van der Waals surface area contributed by atoms with Crippen molar-refractivity contribution in [3.05, 3.63) is 200 Å². The Morgan fingerprint density at radius 3 is 1.31 bits per heavy atom. The third-order valence-corrected chi connectivity index (χ3v) is 12.8. The third-order valence-electron chi connectivity index (χ3n) is 11.5. The molecule has 0 radical (unpaired) electrons. The predicted molar refractivity (Wildman–Crippen MR) is 245 cm³/mol. The number of hydrogen-bond donors (Lipinski definition) is 0. The Morgan fingerprint density at radius 1 is 0.310 bits per heavy atom. The molecule has 0 N–H and O–H groups in total. The van der Waals surface area contributed by atoms with Crippen molar-refractivity contribution < 1.29 is 8.83 Å². The Bertz CT molecular complexity index is 3340. The topological polar surface area (TPSA) is 29.5 Å². The molecule has 3 heterocycles. The lowest BCUT2D eigenvalue weighted by molar-refractivity contribution is 0.669. The molecular formula is C54H33NO2S. The number of hydrogen-bond acceptors (Lipinski definition) is 4. The molecule has 3 aromatic heterocycles. The molecule has 4 heteroatoms. The maximum Gasteiger partial charge on any atom is 0.143 e. The van der Waals surface area contributed by atoms with Crippen molar-refractivity contribution in [2.24, 2.45) is 0 Å². The molecule has 0 unspecified atom stereocenters. The molecule has 12 rings (SSSR count). The van der Waals surface area contributed by atoms with Gasteiger partial charge in [-0.3, -0.25) is 0 Å². The van der Waals surface area contributed by atoms with Crippen molar-refractivity contribution >= 4 is 92.4 Å². The zero-order chi connectivity index (χ0) is 38.2. The van der Waals surface area contributed by atoms with E-state index in [2.05, 4.69) is 181 Å². The highest BCUT2D eigenvalue weighted by atomic mass is 32.1. The highest BCUT2D eigenvalue weighted by Crippen LogP contribution is 2.48. The van der Waals surface area contributed by atoms with E-state index in [1.165, 1.54) is 31.3 Å². The molecule has 9 aromatic carbocycles. The standard InChI is InChI=1S/C54H33NO2S/c1-2-12-34(13-3-1)41-18-10-21-46-47-22-11-23-48(54(47)58-53(41)46)55(37-30-26-35(27-31-37)39-16-8-19-44-42-14-4-6-24-49(42)56-51(39)44)38-32-28-36(29-33-38)40-17-9-20-45-43-15-5-7-25-50(43)57-52(40)45/h1-33H. The monoisotopic (exact) mass is 759 g/mol. The summed E-state index contributed by atoms with van der Waals surface area (Å²) in [5, 5.41) is 7.04. The summed E-state index contributed by atoms with van der Waals surface area (Å²) >= 11 is 1.87. The van der Waals surface area contributed by atoms with Crippen LogP contribution in [0, 0.1) is 0 Å². The molecular weight excluding hydrogens is 727 g/mol. The fourth-order valence-corrected chi connectivity index (χ4v) is 10.1. The van der Waals surface area contributed by atoms with Gasteiger partial charge in [0.05, 0.1) is 10.4 Å². The van der Waals surface area contributed by atoms with E-state index in [9.17, 15) is 0 Å². The maximum absolute atomic E-state index is 6.45. The number of thiophene rings is 1. The lowest BCUT2D eigenvalue weighted by atomic mass is 10.0. The molecule has 272 valence electrons. The summed E-state index contributed by atoms with van der Waals surface area (Å²) in [5.74, 6) is 0. The summed E-state index contributed by atoms with van der Waals surface area (Å²) in [6.45, 7) is 0. The minimum atomic E-state index is 0.902. The highest BCUT2D eigenvalue weighted by molar-refractivity contribution is 7.27. The molecule has 58 heavy (non-hydrogen) atoms. The SMILES string of the molecule is c1ccc(-c2cccc3c2sc2c(N(c4ccc(-c5cccc6c5oc5ccccc56)cc4)c4ccc(-c5cccc6c5oc5ccccc56)cc4)cccc23)cc1. The summed E-state index contributed by atoms with van der Waals surface area (Å²) in [6, 6.07) is 71.3. The molecule has 12 aromatic rings. The van der Waals surface area contributed by atoms with Crippen LogP contribution in [0.3, 0.4) is 0 Å². The molecule has 0 atom stereocenters. The summed E-state index contributed by atoms with van der Waals surface area (Å²) in [5.41, 5.74) is 13.8. The van der Waals surface area contributed by atoms with Gasteiger partial charge < -0.3 is 13.7 Å². The van der Waals surface area contributed by atoms with Crippen molar-refractivity contribution in [1.29, 1.82) is 0 Å². The van der Waals surface area contributed by atoms with Gasteiger partial charge in [0, 0.05) is 59.5 Å². The first-order chi connectivity index (χ1) is 28.8. The Kier molecular flexibility index (Phi) is 7.40. The Labute approximate surface area is 338 Å². The van der Waals surface area contributed by atoms with Gasteiger partial charge in [0.15, 0.2) is 0 Å². The fraction of sp³-hybridized carbons (Fsp3) is 0. The first-order valence-electron chi connectivity index (χ1n) is 19.6. The first kappa shape index (κ1) is 32.8. The number of anilines is 3. The van der Waals surface area contributed by atoms with Crippen LogP contribution < -0.4 is 4.90 Å². The van der Waals surface area contributed by atoms with Gasteiger partial charge in [-0.25, -0.2) is 0 Å². The van der Waals surface area contributed by atoms with E-state index in [4.69, 9.17) is 8.83 Å². The van der Waals surface area contributed by atoms with E-state index in [0.717, 1.165) is 83.2 Å². The summed E-state index contributed by atoms with van der Waals surface area (Å²) in [7, 11) is 0. The van der Waals surface area contributed by atoms with Crippen LogP contribution >= 0.6 is 11.3 Å². The number of para-hydroxylation sites is 4. The quantitative estimate of drug-likeness (QED) is 0.169. The molecule has 0 aliphatic carbocycles. The Hall–Kier alpha value is -7.40. The second kappa shape index (κ2) is 13.1. The molecule has 0 bridgehead atoms. The predicted octanol–water partition coefficient (Wildman–Crippen LogP) is 16.3. The van der Waals surface area contributed by atoms with Gasteiger partial charge in [-0.1, -0.05) is 158 Å². The average molecular weight is 760 g/mol. The lowest BCUT2D eigenvalue weighted by Crippen LogP contribution is -2.10. The summed E-state index contributed by atoms with van der Waals surface area (Å²) < 4.78 is 15.4. The smallest absolute Gasteiger partial charge is 0.143 e. The zero-order valence-electron chi connectivity index (χ0n) is 31.2. The van der Waals surface area contributed by atoms with Crippen molar-refractivity contribution in [2.45, 2.75) is 0 Å². The zero-order valence-corrected chi connectivity index (χ0v) is 32.0. The summed E-state index contributed by atoms with van der Waals surface area (Å²) in [6.07, 6.45) is 0. The third kappa shape index (κ3) is 5.12. The summed E-state index contributed by atoms with van der Waals surface area (Å²) in [4.78, 5) is 2.40. The van der Waals surface area contributed by atoms with E-state index in [1.807, 2.05) is 35.6 Å². The van der Waals surface area contributed by atoms with Gasteiger partial charge in [-0.05, 0) is 64.7 Å². The number of furan rings is 2. The normalized spacial score (nSPS) is 11.8. The van der Waals surface area contributed by atoms with Crippen LogP contribution in [-0.2, 0) is 0 Å². The second-order valence-corrected chi connectivity index (χ2v) is 15.8. The van der Waals surface area contributed by atoms with Gasteiger partial charge in [-0.15, -0.1) is 11.3 Å². The highest BCUT2D eigenvalue weighted by Gasteiger charge is 2.21. The molecule has 0 aliphatic heterocycles. The van der Waals surface area contributed by atoms with Crippen molar-refractivity contribution in [3.8, 4) is 33.4 Å². The number of benzene rings is 9. The second-order valence-electron chi connectivity index (χ2n) is 14.8. The van der Waals surface area contributed by atoms with Crippen LogP contribution in [0.15, 0.2) is 209 Å². The van der Waals surface area contributed by atoms with E-state index < -0.39 is 0 Å². The van der Waals surface area contributed by atoms with Gasteiger partial charge in [-0.2, -0.15) is 0 Å². The number of fused-ring (bicyclic) bond motifs is 9. The fourth-order valence-electron chi connectivity index (χ4n) is 8.78. The van der Waals surface area contributed by atoms with Crippen LogP contribution in [0.2, 0.25) is 0 Å². The van der Waals surface area contributed by atoms with Crippen molar-refractivity contribution in [1.82, 2.24) is 0 Å².